The van der Waals surface area contributed by atoms with Crippen LogP contribution in [0.5, 0.6) is 0 Å². The number of nitrogens with zero attached hydrogens (tertiary/aromatic N) is 2. The minimum Gasteiger partial charge on any atom is -0.332 e. The third-order valence-electron chi connectivity index (χ3n) is 8.12. The zero-order valence-corrected chi connectivity index (χ0v) is 19.3. The Hall–Kier alpha value is -2.45. The number of benzene rings is 2. The normalized spacial score (nSPS) is 32.3. The second-order valence-corrected chi connectivity index (χ2v) is 12.5. The van der Waals surface area contributed by atoms with Gasteiger partial charge < -0.3 is 10.2 Å². The number of hydrogen-bond acceptors (Lipinski definition) is 4. The number of urea groups is 1. The monoisotopic (exact) mass is 469 g/mol. The topological polar surface area (TPSA) is 69.7 Å². The summed E-state index contributed by atoms with van der Waals surface area (Å²) >= 11 is 0. The molecule has 2 aliphatic heterocycles. The second-order valence-electron chi connectivity index (χ2n) is 10.2. The van der Waals surface area contributed by atoms with Crippen LogP contribution in [0.3, 0.4) is 0 Å². The van der Waals surface area contributed by atoms with Crippen LogP contribution in [0, 0.1) is 5.82 Å². The first-order valence-corrected chi connectivity index (χ1v) is 13.5. The van der Waals surface area contributed by atoms with E-state index in [2.05, 4.69) is 22.3 Å². The van der Waals surface area contributed by atoms with Gasteiger partial charge in [-0.1, -0.05) is 36.4 Å². The molecule has 1 unspecified atom stereocenters. The second kappa shape index (κ2) is 7.27. The Labute approximate surface area is 193 Å². The van der Waals surface area contributed by atoms with Crippen molar-refractivity contribution in [3.63, 3.8) is 0 Å². The van der Waals surface area contributed by atoms with Crippen LogP contribution in [0.4, 0.5) is 9.18 Å². The highest BCUT2D eigenvalue weighted by molar-refractivity contribution is 7.91. The molecule has 2 heterocycles. The largest absolute Gasteiger partial charge is 0.332 e. The smallest absolute Gasteiger partial charge is 0.318 e. The number of carbonyl (C=O) groups is 1. The minimum atomic E-state index is -2.89. The number of sulfone groups is 1. The summed E-state index contributed by atoms with van der Waals surface area (Å²) in [7, 11) is -2.89. The molecule has 1 atom stereocenters. The number of halogens is 1. The Balaban J connectivity index is 1.18. The zero-order chi connectivity index (χ0) is 22.8. The third-order valence-corrected chi connectivity index (χ3v) is 9.73. The van der Waals surface area contributed by atoms with Crippen LogP contribution >= 0.6 is 0 Å². The first-order chi connectivity index (χ1) is 15.8. The average molecular weight is 470 g/mol. The van der Waals surface area contributed by atoms with Crippen molar-refractivity contribution in [2.75, 3.05) is 31.1 Å². The Kier molecular flexibility index (Phi) is 4.65. The van der Waals surface area contributed by atoms with Gasteiger partial charge in [0.1, 0.15) is 5.82 Å². The molecule has 0 aromatic heterocycles. The van der Waals surface area contributed by atoms with Crippen molar-refractivity contribution >= 4 is 15.9 Å². The maximum absolute atomic E-state index is 13.6. The molecular weight excluding hydrogens is 441 g/mol. The average Bonchev–Trinajstić information content (AvgIpc) is 2.75. The predicted molar refractivity (Wildman–Crippen MR) is 123 cm³/mol. The van der Waals surface area contributed by atoms with Crippen LogP contribution in [0.2, 0.25) is 0 Å². The predicted octanol–water partition coefficient (Wildman–Crippen LogP) is 2.89. The molecule has 7 rings (SSSR count). The molecule has 2 aromatic rings. The molecule has 2 aromatic carbocycles. The van der Waals surface area contributed by atoms with E-state index in [1.807, 2.05) is 17.0 Å². The number of carbonyl (C=O) groups excluding carboxylic acids is 1. The molecule has 3 aliphatic carbocycles. The SMILES string of the molecule is O=C(NC12CC(N3CCS(=O)(=O)CC3)(C1)C2)N1CCc2ccccc2C1c1ccc(F)cc1. The van der Waals surface area contributed by atoms with Crippen LogP contribution < -0.4 is 5.32 Å². The highest BCUT2D eigenvalue weighted by Gasteiger charge is 2.71. The lowest BCUT2D eigenvalue weighted by molar-refractivity contribution is -0.172. The van der Waals surface area contributed by atoms with Gasteiger partial charge in [-0.3, -0.25) is 4.90 Å². The van der Waals surface area contributed by atoms with Gasteiger partial charge in [-0.15, -0.1) is 0 Å². The Morgan fingerprint density at radius 2 is 1.64 bits per heavy atom. The summed E-state index contributed by atoms with van der Waals surface area (Å²) in [4.78, 5) is 17.7. The number of hydrogen-bond donors (Lipinski definition) is 1. The lowest BCUT2D eigenvalue weighted by Crippen LogP contribution is -2.84. The fourth-order valence-corrected chi connectivity index (χ4v) is 7.68. The Morgan fingerprint density at radius 1 is 0.970 bits per heavy atom. The highest BCUT2D eigenvalue weighted by atomic mass is 32.2. The van der Waals surface area contributed by atoms with Crippen molar-refractivity contribution in [1.82, 2.24) is 15.1 Å². The number of fused-ring (bicyclic) bond motifs is 1. The van der Waals surface area contributed by atoms with Gasteiger partial charge in [0, 0.05) is 30.7 Å². The lowest BCUT2D eigenvalue weighted by Gasteiger charge is -2.74. The van der Waals surface area contributed by atoms with E-state index >= 15 is 0 Å². The third kappa shape index (κ3) is 3.46. The van der Waals surface area contributed by atoms with Gasteiger partial charge in [-0.25, -0.2) is 17.6 Å². The van der Waals surface area contributed by atoms with E-state index in [9.17, 15) is 17.6 Å². The van der Waals surface area contributed by atoms with E-state index in [1.54, 1.807) is 12.1 Å². The summed E-state index contributed by atoms with van der Waals surface area (Å²) in [6, 6.07) is 14.3. The molecule has 0 spiro atoms. The Morgan fingerprint density at radius 3 is 2.33 bits per heavy atom. The molecule has 2 bridgehead atoms. The molecule has 5 aliphatic rings. The molecule has 174 valence electrons. The fourth-order valence-electron chi connectivity index (χ4n) is 6.48. The number of nitrogens with one attached hydrogen (secondary N) is 1. The highest BCUT2D eigenvalue weighted by Crippen LogP contribution is 2.63. The molecule has 8 heteroatoms. The molecule has 1 saturated heterocycles. The van der Waals surface area contributed by atoms with E-state index in [1.165, 1.54) is 17.7 Å². The van der Waals surface area contributed by atoms with E-state index in [0.29, 0.717) is 19.6 Å². The van der Waals surface area contributed by atoms with E-state index in [0.717, 1.165) is 36.8 Å². The lowest BCUT2D eigenvalue weighted by atomic mass is 9.43. The summed E-state index contributed by atoms with van der Waals surface area (Å²) in [5.74, 6) is 0.185. The molecule has 4 fully saturated rings. The van der Waals surface area contributed by atoms with Gasteiger partial charge in [-0.2, -0.15) is 0 Å². The fraction of sp³-hybridized carbons (Fsp3) is 0.480. The quantitative estimate of drug-likeness (QED) is 0.751. The number of rotatable bonds is 3. The summed E-state index contributed by atoms with van der Waals surface area (Å²) in [6.07, 6.45) is 3.45. The van der Waals surface area contributed by atoms with Crippen LogP contribution in [-0.4, -0.2) is 66.5 Å². The standard InChI is InChI=1S/C25H28FN3O3S/c26-20-7-5-19(6-8-20)22-21-4-2-1-3-18(21)9-10-29(22)23(30)27-24-15-25(16-24,17-24)28-11-13-33(31,32)14-12-28/h1-8,22H,9-17H2,(H,27,30). The van der Waals surface area contributed by atoms with E-state index in [-0.39, 0.29) is 40.5 Å². The first-order valence-electron chi connectivity index (χ1n) is 11.7. The van der Waals surface area contributed by atoms with Gasteiger partial charge in [0.25, 0.3) is 0 Å². The van der Waals surface area contributed by atoms with Crippen LogP contribution in [0.25, 0.3) is 0 Å². The van der Waals surface area contributed by atoms with E-state index in [4.69, 9.17) is 0 Å². The van der Waals surface area contributed by atoms with Crippen molar-refractivity contribution in [1.29, 1.82) is 0 Å². The maximum atomic E-state index is 13.6. The van der Waals surface area contributed by atoms with Crippen LogP contribution in [0.15, 0.2) is 48.5 Å². The van der Waals surface area contributed by atoms with Crippen LogP contribution in [-0.2, 0) is 16.3 Å². The van der Waals surface area contributed by atoms with Crippen molar-refractivity contribution in [2.45, 2.75) is 42.8 Å². The maximum Gasteiger partial charge on any atom is 0.318 e. The molecule has 6 nitrogen and oxygen atoms in total. The number of amides is 2. The molecule has 33 heavy (non-hydrogen) atoms. The molecule has 3 saturated carbocycles. The van der Waals surface area contributed by atoms with Gasteiger partial charge in [-0.05, 0) is 54.5 Å². The van der Waals surface area contributed by atoms with Gasteiger partial charge >= 0.3 is 6.03 Å². The van der Waals surface area contributed by atoms with Gasteiger partial charge in [0.15, 0.2) is 9.84 Å². The van der Waals surface area contributed by atoms with E-state index < -0.39 is 9.84 Å². The Bertz CT molecular complexity index is 1180. The zero-order valence-electron chi connectivity index (χ0n) is 18.5. The van der Waals surface area contributed by atoms with Crippen molar-refractivity contribution < 1.29 is 17.6 Å². The molecular formula is C25H28FN3O3S. The summed E-state index contributed by atoms with van der Waals surface area (Å²) in [5, 5.41) is 3.32. The van der Waals surface area contributed by atoms with Crippen molar-refractivity contribution in [2.24, 2.45) is 0 Å². The summed E-state index contributed by atoms with van der Waals surface area (Å²) in [5.41, 5.74) is 3.10. The minimum absolute atomic E-state index is 0.0636. The van der Waals surface area contributed by atoms with Gasteiger partial charge in [0.2, 0.25) is 0 Å². The van der Waals surface area contributed by atoms with Crippen molar-refractivity contribution in [3.8, 4) is 0 Å². The molecule has 2 amide bonds. The summed E-state index contributed by atoms with van der Waals surface area (Å²) in [6.45, 7) is 1.81. The molecule has 1 N–H and O–H groups in total. The first kappa shape index (κ1) is 21.1. The van der Waals surface area contributed by atoms with Gasteiger partial charge in [0.05, 0.1) is 17.5 Å². The van der Waals surface area contributed by atoms with Crippen molar-refractivity contribution in [3.05, 3.63) is 71.0 Å². The summed E-state index contributed by atoms with van der Waals surface area (Å²) < 4.78 is 37.1. The molecule has 0 radical (unpaired) electrons. The van der Waals surface area contributed by atoms with Crippen LogP contribution in [0.1, 0.15) is 42.0 Å².